The van der Waals surface area contributed by atoms with Gasteiger partial charge in [0.05, 0.1) is 7.11 Å². The smallest absolute Gasteiger partial charge is 0.412 e. The predicted molar refractivity (Wildman–Crippen MR) is 113 cm³/mol. The standard InChI is InChI=1S/C23H30N2O3/c1-5-25(6-2)19-11-14-21(16(3)15-19)24-23(26)28-22(17-7-8-17)18-9-12-20(27-4)13-10-18/h9-15,17,22H,5-8H2,1-4H3,(H,24,26). The number of nitrogens with zero attached hydrogens (tertiary/aromatic N) is 1. The number of benzene rings is 2. The SMILES string of the molecule is CCN(CC)c1ccc(NC(=O)OC(c2ccc(OC)cc2)C2CC2)c(C)c1. The lowest BCUT2D eigenvalue weighted by molar-refractivity contribution is 0.0975. The molecule has 150 valence electrons. The Morgan fingerprint density at radius 2 is 1.82 bits per heavy atom. The van der Waals surface area contributed by atoms with Crippen molar-refractivity contribution in [1.29, 1.82) is 0 Å². The van der Waals surface area contributed by atoms with E-state index in [2.05, 4.69) is 30.1 Å². The maximum atomic E-state index is 12.6. The zero-order valence-corrected chi connectivity index (χ0v) is 17.2. The van der Waals surface area contributed by atoms with Crippen molar-refractivity contribution in [2.24, 2.45) is 5.92 Å². The molecular formula is C23H30N2O3. The van der Waals surface area contributed by atoms with Crippen molar-refractivity contribution in [3.8, 4) is 5.75 Å². The van der Waals surface area contributed by atoms with Gasteiger partial charge < -0.3 is 14.4 Å². The van der Waals surface area contributed by atoms with Gasteiger partial charge in [0.1, 0.15) is 11.9 Å². The van der Waals surface area contributed by atoms with Crippen molar-refractivity contribution in [2.75, 3.05) is 30.4 Å². The van der Waals surface area contributed by atoms with Crippen molar-refractivity contribution in [3.05, 3.63) is 53.6 Å². The van der Waals surface area contributed by atoms with Crippen LogP contribution in [0, 0.1) is 12.8 Å². The Morgan fingerprint density at radius 3 is 2.36 bits per heavy atom. The molecule has 2 aromatic rings. The highest BCUT2D eigenvalue weighted by Gasteiger charge is 2.35. The Kier molecular flexibility index (Phi) is 6.45. The molecule has 0 heterocycles. The number of ether oxygens (including phenoxy) is 2. The maximum Gasteiger partial charge on any atom is 0.412 e. The van der Waals surface area contributed by atoms with Crippen LogP contribution in [0.5, 0.6) is 5.75 Å². The van der Waals surface area contributed by atoms with Crippen LogP contribution in [0.3, 0.4) is 0 Å². The topological polar surface area (TPSA) is 50.8 Å². The van der Waals surface area contributed by atoms with E-state index in [9.17, 15) is 4.79 Å². The van der Waals surface area contributed by atoms with Crippen LogP contribution in [0.2, 0.25) is 0 Å². The molecule has 1 saturated carbocycles. The van der Waals surface area contributed by atoms with E-state index in [0.717, 1.165) is 54.2 Å². The second-order valence-electron chi connectivity index (χ2n) is 7.23. The number of amides is 1. The average molecular weight is 383 g/mol. The summed E-state index contributed by atoms with van der Waals surface area (Å²) in [5.41, 5.74) is 3.97. The predicted octanol–water partition coefficient (Wildman–Crippen LogP) is 5.55. The van der Waals surface area contributed by atoms with Gasteiger partial charge in [-0.25, -0.2) is 4.79 Å². The van der Waals surface area contributed by atoms with Gasteiger partial charge in [0.25, 0.3) is 0 Å². The van der Waals surface area contributed by atoms with Crippen LogP contribution in [0.4, 0.5) is 16.2 Å². The molecule has 28 heavy (non-hydrogen) atoms. The van der Waals surface area contributed by atoms with Crippen molar-refractivity contribution in [2.45, 2.75) is 39.7 Å². The number of nitrogens with one attached hydrogen (secondary N) is 1. The molecule has 5 heteroatoms. The minimum absolute atomic E-state index is 0.221. The van der Waals surface area contributed by atoms with Gasteiger partial charge in [-0.15, -0.1) is 0 Å². The summed E-state index contributed by atoms with van der Waals surface area (Å²) in [4.78, 5) is 14.8. The summed E-state index contributed by atoms with van der Waals surface area (Å²) in [5, 5.41) is 2.91. The van der Waals surface area contributed by atoms with E-state index in [-0.39, 0.29) is 6.10 Å². The van der Waals surface area contributed by atoms with E-state index in [1.165, 1.54) is 0 Å². The number of methoxy groups -OCH3 is 1. The quantitative estimate of drug-likeness (QED) is 0.650. The Morgan fingerprint density at radius 1 is 1.14 bits per heavy atom. The summed E-state index contributed by atoms with van der Waals surface area (Å²) in [6, 6.07) is 13.8. The van der Waals surface area contributed by atoms with E-state index >= 15 is 0 Å². The molecular weight excluding hydrogens is 352 g/mol. The molecule has 1 aliphatic carbocycles. The van der Waals surface area contributed by atoms with E-state index in [1.54, 1.807) is 7.11 Å². The number of hydrogen-bond donors (Lipinski definition) is 1. The van der Waals surface area contributed by atoms with Crippen LogP contribution in [0.15, 0.2) is 42.5 Å². The molecule has 0 spiro atoms. The highest BCUT2D eigenvalue weighted by atomic mass is 16.6. The first-order chi connectivity index (χ1) is 13.5. The second-order valence-corrected chi connectivity index (χ2v) is 7.23. The van der Waals surface area contributed by atoms with Gasteiger partial charge in [0.2, 0.25) is 0 Å². The van der Waals surface area contributed by atoms with Crippen LogP contribution in [-0.2, 0) is 4.74 Å². The van der Waals surface area contributed by atoms with Crippen molar-refractivity contribution in [1.82, 2.24) is 0 Å². The Labute approximate surface area is 167 Å². The van der Waals surface area contributed by atoms with Gasteiger partial charge in [-0.3, -0.25) is 5.32 Å². The molecule has 0 bridgehead atoms. The molecule has 2 aromatic carbocycles. The average Bonchev–Trinajstić information content (AvgIpc) is 3.54. The molecule has 1 N–H and O–H groups in total. The monoisotopic (exact) mass is 382 g/mol. The lowest BCUT2D eigenvalue weighted by atomic mass is 10.1. The number of rotatable bonds is 8. The number of carbonyl (C=O) groups excluding carboxylic acids is 1. The third-order valence-electron chi connectivity index (χ3n) is 5.30. The number of anilines is 2. The fourth-order valence-electron chi connectivity index (χ4n) is 3.46. The normalized spacial score (nSPS) is 14.3. The second kappa shape index (κ2) is 9.00. The molecule has 5 nitrogen and oxygen atoms in total. The molecule has 1 amide bonds. The fourth-order valence-corrected chi connectivity index (χ4v) is 3.46. The van der Waals surface area contributed by atoms with Crippen LogP contribution >= 0.6 is 0 Å². The first-order valence-electron chi connectivity index (χ1n) is 10.0. The van der Waals surface area contributed by atoms with Crippen molar-refractivity contribution in [3.63, 3.8) is 0 Å². The largest absolute Gasteiger partial charge is 0.497 e. The summed E-state index contributed by atoms with van der Waals surface area (Å²) in [5.74, 6) is 1.19. The minimum Gasteiger partial charge on any atom is -0.497 e. The summed E-state index contributed by atoms with van der Waals surface area (Å²) >= 11 is 0. The molecule has 1 unspecified atom stereocenters. The van der Waals surface area contributed by atoms with Crippen LogP contribution in [0.25, 0.3) is 0 Å². The lowest BCUT2D eigenvalue weighted by Gasteiger charge is -2.23. The molecule has 0 radical (unpaired) electrons. The lowest BCUT2D eigenvalue weighted by Crippen LogP contribution is -2.22. The molecule has 0 aromatic heterocycles. The van der Waals surface area contributed by atoms with Crippen LogP contribution < -0.4 is 15.0 Å². The van der Waals surface area contributed by atoms with Crippen molar-refractivity contribution >= 4 is 17.5 Å². The molecule has 3 rings (SSSR count). The Hall–Kier alpha value is -2.69. The van der Waals surface area contributed by atoms with Gasteiger partial charge in [0, 0.05) is 30.4 Å². The van der Waals surface area contributed by atoms with E-state index in [4.69, 9.17) is 9.47 Å². The summed E-state index contributed by atoms with van der Waals surface area (Å²) < 4.78 is 11.0. The summed E-state index contributed by atoms with van der Waals surface area (Å²) in [7, 11) is 1.64. The van der Waals surface area contributed by atoms with Gasteiger partial charge >= 0.3 is 6.09 Å². The third kappa shape index (κ3) is 4.77. The van der Waals surface area contributed by atoms with Gasteiger partial charge in [0.15, 0.2) is 0 Å². The summed E-state index contributed by atoms with van der Waals surface area (Å²) in [6.07, 6.45) is 1.54. The summed E-state index contributed by atoms with van der Waals surface area (Å²) in [6.45, 7) is 8.19. The first-order valence-corrected chi connectivity index (χ1v) is 10.0. The van der Waals surface area contributed by atoms with E-state index in [0.29, 0.717) is 5.92 Å². The highest BCUT2D eigenvalue weighted by Crippen LogP contribution is 2.43. The van der Waals surface area contributed by atoms with Crippen LogP contribution in [0.1, 0.15) is 43.9 Å². The molecule has 0 saturated heterocycles. The van der Waals surface area contributed by atoms with Crippen LogP contribution in [-0.4, -0.2) is 26.3 Å². The number of carbonyl (C=O) groups is 1. The molecule has 1 aliphatic rings. The van der Waals surface area contributed by atoms with Crippen molar-refractivity contribution < 1.29 is 14.3 Å². The van der Waals surface area contributed by atoms with Gasteiger partial charge in [-0.1, -0.05) is 12.1 Å². The van der Waals surface area contributed by atoms with Gasteiger partial charge in [-0.05, 0) is 75.1 Å². The molecule has 1 fully saturated rings. The van der Waals surface area contributed by atoms with E-state index < -0.39 is 6.09 Å². The number of aryl methyl sites for hydroxylation is 1. The Bertz CT molecular complexity index is 796. The van der Waals surface area contributed by atoms with E-state index in [1.807, 2.05) is 43.3 Å². The van der Waals surface area contributed by atoms with Gasteiger partial charge in [-0.2, -0.15) is 0 Å². The minimum atomic E-state index is -0.411. The molecule has 0 aliphatic heterocycles. The third-order valence-corrected chi connectivity index (χ3v) is 5.30. The first kappa shape index (κ1) is 20.1. The number of hydrogen-bond acceptors (Lipinski definition) is 4. The Balaban J connectivity index is 1.68. The maximum absolute atomic E-state index is 12.6. The molecule has 1 atom stereocenters. The zero-order chi connectivity index (χ0) is 20.1. The fraction of sp³-hybridized carbons (Fsp3) is 0.435. The highest BCUT2D eigenvalue weighted by molar-refractivity contribution is 5.86. The zero-order valence-electron chi connectivity index (χ0n) is 17.2.